The number of benzene rings is 2. The van der Waals surface area contributed by atoms with Crippen molar-refractivity contribution in [2.45, 2.75) is 0 Å². The first kappa shape index (κ1) is 20.1. The van der Waals surface area contributed by atoms with Crippen molar-refractivity contribution in [2.75, 3.05) is 11.9 Å². The molecule has 0 aromatic heterocycles. The lowest BCUT2D eigenvalue weighted by Gasteiger charge is -2.08. The molecule has 2 aromatic rings. The number of nitro benzene ring substituents is 2. The Kier molecular flexibility index (Phi) is 6.27. The fourth-order valence-electron chi connectivity index (χ4n) is 1.92. The summed E-state index contributed by atoms with van der Waals surface area (Å²) < 4.78 is 4.76. The lowest BCUT2D eigenvalue weighted by Crippen LogP contribution is -2.21. The third-order valence-corrected chi connectivity index (χ3v) is 3.79. The molecule has 0 radical (unpaired) electrons. The van der Waals surface area contributed by atoms with Gasteiger partial charge in [-0.3, -0.25) is 25.0 Å². The Bertz CT molecular complexity index is 949. The summed E-state index contributed by atoms with van der Waals surface area (Å²) in [6, 6.07) is 6.78. The van der Waals surface area contributed by atoms with Gasteiger partial charge in [-0.15, -0.1) is 0 Å². The summed E-state index contributed by atoms with van der Waals surface area (Å²) in [5, 5.41) is 23.7. The van der Waals surface area contributed by atoms with Gasteiger partial charge >= 0.3 is 5.97 Å². The maximum absolute atomic E-state index is 12.0. The summed E-state index contributed by atoms with van der Waals surface area (Å²) in [7, 11) is 0. The molecular formula is C15H9Cl2N3O7. The van der Waals surface area contributed by atoms with Gasteiger partial charge < -0.3 is 10.1 Å². The number of nitrogens with zero attached hydrogens (tertiary/aromatic N) is 2. The molecule has 0 fully saturated rings. The molecule has 0 aliphatic heterocycles. The normalized spacial score (nSPS) is 10.1. The lowest BCUT2D eigenvalue weighted by atomic mass is 10.2. The number of non-ortho nitro benzene ring substituents is 1. The van der Waals surface area contributed by atoms with Crippen LogP contribution in [0, 0.1) is 20.2 Å². The van der Waals surface area contributed by atoms with Crippen molar-refractivity contribution >= 4 is 52.1 Å². The molecule has 0 aliphatic carbocycles. The molecule has 1 N–H and O–H groups in total. The van der Waals surface area contributed by atoms with Gasteiger partial charge in [0, 0.05) is 23.9 Å². The van der Waals surface area contributed by atoms with Crippen molar-refractivity contribution in [1.29, 1.82) is 0 Å². The number of nitrogens with one attached hydrogen (secondary N) is 1. The predicted octanol–water partition coefficient (Wildman–Crippen LogP) is 3.61. The first-order valence-electron chi connectivity index (χ1n) is 7.04. The second kappa shape index (κ2) is 8.43. The quantitative estimate of drug-likeness (QED) is 0.432. The van der Waals surface area contributed by atoms with Gasteiger partial charge in [0.2, 0.25) is 0 Å². The van der Waals surface area contributed by atoms with Gasteiger partial charge in [-0.2, -0.15) is 0 Å². The SMILES string of the molecule is O=C(COC(=O)c1cc([N+](=O)[O-])ccc1Cl)Nc1ccc(Cl)c([N+](=O)[O-])c1. The third kappa shape index (κ3) is 5.12. The molecule has 27 heavy (non-hydrogen) atoms. The number of halogens is 2. The maximum atomic E-state index is 12.0. The van der Waals surface area contributed by atoms with Crippen molar-refractivity contribution in [3.63, 3.8) is 0 Å². The fraction of sp³-hybridized carbons (Fsp3) is 0.0667. The van der Waals surface area contributed by atoms with Crippen LogP contribution in [0.2, 0.25) is 10.0 Å². The molecule has 1 amide bonds. The van der Waals surface area contributed by atoms with Gasteiger partial charge in [-0.1, -0.05) is 23.2 Å². The Morgan fingerprint density at radius 2 is 1.67 bits per heavy atom. The molecular weight excluding hydrogens is 405 g/mol. The average molecular weight is 414 g/mol. The number of ether oxygens (including phenoxy) is 1. The number of nitro groups is 2. The van der Waals surface area contributed by atoms with Crippen LogP contribution in [-0.4, -0.2) is 28.3 Å². The van der Waals surface area contributed by atoms with Crippen LogP contribution >= 0.6 is 23.2 Å². The van der Waals surface area contributed by atoms with Crippen LogP contribution < -0.4 is 5.32 Å². The number of carbonyl (C=O) groups excluding carboxylic acids is 2. The Balaban J connectivity index is 2.03. The zero-order valence-electron chi connectivity index (χ0n) is 13.2. The summed E-state index contributed by atoms with van der Waals surface area (Å²) in [6.07, 6.45) is 0. The van der Waals surface area contributed by atoms with Gasteiger partial charge in [0.1, 0.15) is 5.02 Å². The number of carbonyl (C=O) groups is 2. The standard InChI is InChI=1S/C15H9Cl2N3O7/c16-11-4-2-9(19(23)24)6-10(11)15(22)27-7-14(21)18-8-1-3-12(17)13(5-8)20(25)26/h1-6H,7H2,(H,18,21). The van der Waals surface area contributed by atoms with Gasteiger partial charge in [-0.05, 0) is 18.2 Å². The van der Waals surface area contributed by atoms with E-state index >= 15 is 0 Å². The van der Waals surface area contributed by atoms with Crippen LogP contribution in [0.5, 0.6) is 0 Å². The smallest absolute Gasteiger partial charge is 0.340 e. The van der Waals surface area contributed by atoms with E-state index in [2.05, 4.69) is 5.32 Å². The number of anilines is 1. The molecule has 0 saturated heterocycles. The highest BCUT2D eigenvalue weighted by Gasteiger charge is 2.19. The molecule has 0 unspecified atom stereocenters. The molecule has 0 bridgehead atoms. The Morgan fingerprint density at radius 1 is 1.00 bits per heavy atom. The average Bonchev–Trinajstić information content (AvgIpc) is 2.61. The van der Waals surface area contributed by atoms with E-state index in [0.29, 0.717) is 0 Å². The Labute approximate surface area is 160 Å². The largest absolute Gasteiger partial charge is 0.452 e. The Hall–Kier alpha value is -3.24. The summed E-state index contributed by atoms with van der Waals surface area (Å²) in [5.41, 5.74) is -0.986. The van der Waals surface area contributed by atoms with Crippen LogP contribution in [0.4, 0.5) is 17.1 Å². The molecule has 0 spiro atoms. The molecule has 0 aliphatic rings. The minimum absolute atomic E-state index is 0.0699. The number of rotatable bonds is 6. The van der Waals surface area contributed by atoms with Crippen molar-refractivity contribution < 1.29 is 24.2 Å². The van der Waals surface area contributed by atoms with Gasteiger partial charge in [0.05, 0.1) is 20.4 Å². The molecule has 10 nitrogen and oxygen atoms in total. The van der Waals surface area contributed by atoms with E-state index in [4.69, 9.17) is 27.9 Å². The van der Waals surface area contributed by atoms with Crippen molar-refractivity contribution in [3.05, 3.63) is 72.2 Å². The minimum atomic E-state index is -1.04. The van der Waals surface area contributed by atoms with Crippen molar-refractivity contribution in [1.82, 2.24) is 0 Å². The second-order valence-corrected chi connectivity index (χ2v) is 5.78. The molecule has 2 rings (SSSR count). The van der Waals surface area contributed by atoms with Crippen LogP contribution in [0.3, 0.4) is 0 Å². The van der Waals surface area contributed by atoms with Crippen molar-refractivity contribution in [3.8, 4) is 0 Å². The van der Waals surface area contributed by atoms with E-state index in [1.54, 1.807) is 0 Å². The number of amides is 1. The predicted molar refractivity (Wildman–Crippen MR) is 95.1 cm³/mol. The van der Waals surface area contributed by atoms with E-state index < -0.39 is 34.0 Å². The fourth-order valence-corrected chi connectivity index (χ4v) is 2.30. The van der Waals surface area contributed by atoms with Crippen molar-refractivity contribution in [2.24, 2.45) is 0 Å². The second-order valence-electron chi connectivity index (χ2n) is 4.97. The highest BCUT2D eigenvalue weighted by atomic mass is 35.5. The number of hydrogen-bond acceptors (Lipinski definition) is 7. The van der Waals surface area contributed by atoms with Crippen LogP contribution in [-0.2, 0) is 9.53 Å². The number of esters is 1. The molecule has 0 saturated carbocycles. The number of hydrogen-bond donors (Lipinski definition) is 1. The van der Waals surface area contributed by atoms with Gasteiger partial charge in [-0.25, -0.2) is 4.79 Å². The Morgan fingerprint density at radius 3 is 2.30 bits per heavy atom. The van der Waals surface area contributed by atoms with Crippen LogP contribution in [0.25, 0.3) is 0 Å². The maximum Gasteiger partial charge on any atom is 0.340 e. The molecule has 0 atom stereocenters. The molecule has 0 heterocycles. The minimum Gasteiger partial charge on any atom is -0.452 e. The van der Waals surface area contributed by atoms with Crippen LogP contribution in [0.15, 0.2) is 36.4 Å². The molecule has 12 heteroatoms. The van der Waals surface area contributed by atoms with E-state index in [1.807, 2.05) is 0 Å². The van der Waals surface area contributed by atoms with Crippen LogP contribution in [0.1, 0.15) is 10.4 Å². The molecule has 2 aromatic carbocycles. The highest BCUT2D eigenvalue weighted by molar-refractivity contribution is 6.33. The summed E-state index contributed by atoms with van der Waals surface area (Å²) >= 11 is 11.5. The zero-order chi connectivity index (χ0) is 20.1. The lowest BCUT2D eigenvalue weighted by molar-refractivity contribution is -0.385. The third-order valence-electron chi connectivity index (χ3n) is 3.14. The summed E-state index contributed by atoms with van der Waals surface area (Å²) in [6.45, 7) is -0.742. The van der Waals surface area contributed by atoms with Gasteiger partial charge in [0.25, 0.3) is 17.3 Å². The topological polar surface area (TPSA) is 142 Å². The first-order chi connectivity index (χ1) is 12.7. The monoisotopic (exact) mass is 413 g/mol. The highest BCUT2D eigenvalue weighted by Crippen LogP contribution is 2.27. The van der Waals surface area contributed by atoms with Gasteiger partial charge in [0.15, 0.2) is 6.61 Å². The first-order valence-corrected chi connectivity index (χ1v) is 7.79. The summed E-state index contributed by atoms with van der Waals surface area (Å²) in [5.74, 6) is -1.83. The van der Waals surface area contributed by atoms with E-state index in [-0.39, 0.29) is 27.0 Å². The molecule has 140 valence electrons. The van der Waals surface area contributed by atoms with E-state index in [0.717, 1.165) is 24.3 Å². The van der Waals surface area contributed by atoms with E-state index in [9.17, 15) is 29.8 Å². The van der Waals surface area contributed by atoms with E-state index in [1.165, 1.54) is 12.1 Å². The summed E-state index contributed by atoms with van der Waals surface area (Å²) in [4.78, 5) is 43.9. The zero-order valence-corrected chi connectivity index (χ0v) is 14.7.